The summed E-state index contributed by atoms with van der Waals surface area (Å²) in [5.41, 5.74) is 4.48. The Balaban J connectivity index is 0.00000462. The Morgan fingerprint density at radius 1 is 1.17 bits per heavy atom. The van der Waals surface area contributed by atoms with Gasteiger partial charge in [-0.05, 0) is 29.9 Å². The summed E-state index contributed by atoms with van der Waals surface area (Å²) in [4.78, 5) is 48.7. The van der Waals surface area contributed by atoms with Gasteiger partial charge >= 0.3 is 0 Å². The number of aliphatic hydroxyl groups is 1. The molecule has 0 aliphatic carbocycles. The summed E-state index contributed by atoms with van der Waals surface area (Å²) in [5.74, 6) is -0.846. The Morgan fingerprint density at radius 2 is 1.85 bits per heavy atom. The molecule has 2 fully saturated rings. The summed E-state index contributed by atoms with van der Waals surface area (Å²) in [6.07, 6.45) is 0.0231. The molecule has 2 aliphatic heterocycles. The summed E-state index contributed by atoms with van der Waals surface area (Å²) >= 11 is 1.61. The molecule has 3 heterocycles. The van der Waals surface area contributed by atoms with Gasteiger partial charge in [0.2, 0.25) is 17.7 Å². The highest BCUT2D eigenvalue weighted by Gasteiger charge is 2.44. The number of rotatable bonds is 9. The molecule has 41 heavy (non-hydrogen) atoms. The van der Waals surface area contributed by atoms with E-state index in [1.807, 2.05) is 45.3 Å². The van der Waals surface area contributed by atoms with Crippen molar-refractivity contribution in [2.24, 2.45) is 5.41 Å². The lowest BCUT2D eigenvalue weighted by atomic mass is 9.85. The van der Waals surface area contributed by atoms with E-state index in [1.54, 1.807) is 11.3 Å². The van der Waals surface area contributed by atoms with Crippen LogP contribution < -0.4 is 16.0 Å². The largest absolute Gasteiger partial charge is 0.391 e. The molecule has 0 radical (unpaired) electrons. The molecule has 0 unspecified atom stereocenters. The Bertz CT molecular complexity index is 1180. The van der Waals surface area contributed by atoms with Crippen molar-refractivity contribution in [1.29, 1.82) is 0 Å². The Labute approximate surface area is 252 Å². The lowest BCUT2D eigenvalue weighted by Gasteiger charge is -2.36. The van der Waals surface area contributed by atoms with Gasteiger partial charge in [-0.3, -0.25) is 19.3 Å². The molecule has 3 atom stereocenters. The molecule has 3 amide bonds. The van der Waals surface area contributed by atoms with E-state index in [4.69, 9.17) is 0 Å². The van der Waals surface area contributed by atoms with Gasteiger partial charge < -0.3 is 26.0 Å². The maximum Gasteiger partial charge on any atom is 0.246 e. The average molecular weight is 607 g/mol. The minimum atomic E-state index is -0.816. The Hall–Kier alpha value is -2.57. The van der Waals surface area contributed by atoms with Crippen LogP contribution in [0.1, 0.15) is 38.4 Å². The second kappa shape index (κ2) is 14.6. The van der Waals surface area contributed by atoms with E-state index >= 15 is 0 Å². The van der Waals surface area contributed by atoms with Crippen molar-refractivity contribution in [2.45, 2.75) is 58.7 Å². The zero-order chi connectivity index (χ0) is 28.9. The molecule has 4 rings (SSSR count). The van der Waals surface area contributed by atoms with Crippen LogP contribution in [0.2, 0.25) is 0 Å². The van der Waals surface area contributed by atoms with Crippen molar-refractivity contribution < 1.29 is 19.5 Å². The van der Waals surface area contributed by atoms with Gasteiger partial charge in [0.05, 0.1) is 28.7 Å². The molecule has 12 heteroatoms. The van der Waals surface area contributed by atoms with E-state index < -0.39 is 23.6 Å². The number of carbonyl (C=O) groups is 3. The highest BCUT2D eigenvalue weighted by atomic mass is 35.5. The molecule has 2 aliphatic rings. The number of hydrogen-bond acceptors (Lipinski definition) is 8. The zero-order valence-electron chi connectivity index (χ0n) is 24.3. The fourth-order valence-electron chi connectivity index (χ4n) is 5.25. The van der Waals surface area contributed by atoms with Crippen molar-refractivity contribution in [3.8, 4) is 10.4 Å². The zero-order valence-corrected chi connectivity index (χ0v) is 25.9. The van der Waals surface area contributed by atoms with Gasteiger partial charge in [-0.25, -0.2) is 4.98 Å². The molecule has 2 aromatic rings. The van der Waals surface area contributed by atoms with Crippen LogP contribution in [0.5, 0.6) is 0 Å². The highest BCUT2D eigenvalue weighted by Crippen LogP contribution is 2.28. The third kappa shape index (κ3) is 8.71. The van der Waals surface area contributed by atoms with Crippen molar-refractivity contribution in [2.75, 3.05) is 45.8 Å². The van der Waals surface area contributed by atoms with Crippen LogP contribution in [0.3, 0.4) is 0 Å². The first kappa shape index (κ1) is 32.9. The number of aliphatic hydroxyl groups excluding tert-OH is 1. The molecule has 4 N–H and O–H groups in total. The summed E-state index contributed by atoms with van der Waals surface area (Å²) in [6.45, 7) is 11.6. The number of aryl methyl sites for hydroxylation is 1. The number of carbonyl (C=O) groups excluding carboxylic acids is 3. The van der Waals surface area contributed by atoms with Crippen LogP contribution in [0.15, 0.2) is 29.8 Å². The van der Waals surface area contributed by atoms with Gasteiger partial charge in [0.1, 0.15) is 12.1 Å². The van der Waals surface area contributed by atoms with Crippen molar-refractivity contribution in [3.63, 3.8) is 0 Å². The topological polar surface area (TPSA) is 127 Å². The predicted octanol–water partition coefficient (Wildman–Crippen LogP) is 1.60. The smallest absolute Gasteiger partial charge is 0.246 e. The van der Waals surface area contributed by atoms with E-state index in [0.29, 0.717) is 13.0 Å². The van der Waals surface area contributed by atoms with Crippen LogP contribution in [-0.2, 0) is 20.8 Å². The molecule has 0 saturated carbocycles. The number of nitrogens with one attached hydrogen (secondary N) is 3. The van der Waals surface area contributed by atoms with Crippen molar-refractivity contribution >= 4 is 41.5 Å². The number of hydrogen-bond donors (Lipinski definition) is 4. The first-order chi connectivity index (χ1) is 19.0. The molecule has 1 aromatic heterocycles. The number of nitrogens with zero attached hydrogens (tertiary/aromatic N) is 3. The third-order valence-corrected chi connectivity index (χ3v) is 8.51. The fourth-order valence-corrected chi connectivity index (χ4v) is 6.06. The number of aromatic nitrogens is 1. The summed E-state index contributed by atoms with van der Waals surface area (Å²) in [5, 5.41) is 19.5. The highest BCUT2D eigenvalue weighted by molar-refractivity contribution is 7.13. The molecule has 2 saturated heterocycles. The monoisotopic (exact) mass is 606 g/mol. The molecule has 1 aromatic carbocycles. The molecule has 0 spiro atoms. The lowest BCUT2D eigenvalue weighted by Crippen LogP contribution is -2.59. The lowest BCUT2D eigenvalue weighted by molar-refractivity contribution is -0.144. The number of thiazole rings is 1. The van der Waals surface area contributed by atoms with Crippen LogP contribution >= 0.6 is 23.7 Å². The van der Waals surface area contributed by atoms with E-state index in [1.165, 1.54) is 4.90 Å². The first-order valence-corrected chi connectivity index (χ1v) is 14.9. The number of halogens is 1. The van der Waals surface area contributed by atoms with Gasteiger partial charge in [-0.1, -0.05) is 45.0 Å². The summed E-state index contributed by atoms with van der Waals surface area (Å²) in [7, 11) is 0. The summed E-state index contributed by atoms with van der Waals surface area (Å²) in [6, 6.07) is 6.63. The van der Waals surface area contributed by atoms with Crippen molar-refractivity contribution in [3.05, 3.63) is 41.0 Å². The second-order valence-electron chi connectivity index (χ2n) is 11.8. The van der Waals surface area contributed by atoms with E-state index in [-0.39, 0.29) is 49.6 Å². The number of piperazine rings is 1. The standard InChI is InChI=1S/C29H42N6O4S.ClH/c1-19-25(40-18-32-19)21-7-5-20(6-8-21)9-10-31-27(38)23-15-22(36)16-35(23)28(39)26(29(2,3)4)33-24(37)17-34-13-11-30-12-14-34;/h5-8,18,22-23,26,30,36H,9-17H2,1-4H3,(H,31,38)(H,33,37);1H/t22-,23-,26+;/m0./s1. The average Bonchev–Trinajstić information content (AvgIpc) is 3.52. The van der Waals surface area contributed by atoms with Crippen molar-refractivity contribution in [1.82, 2.24) is 30.7 Å². The third-order valence-electron chi connectivity index (χ3n) is 7.53. The fraction of sp³-hybridized carbons (Fsp3) is 0.586. The van der Waals surface area contributed by atoms with E-state index in [0.717, 1.165) is 47.9 Å². The Kier molecular flexibility index (Phi) is 11.7. The summed E-state index contributed by atoms with van der Waals surface area (Å²) < 4.78 is 0. The molecular weight excluding hydrogens is 564 g/mol. The van der Waals surface area contributed by atoms with Crippen LogP contribution in [0.4, 0.5) is 0 Å². The minimum Gasteiger partial charge on any atom is -0.391 e. The van der Waals surface area contributed by atoms with Gasteiger partial charge in [0, 0.05) is 45.7 Å². The van der Waals surface area contributed by atoms with Gasteiger partial charge in [-0.2, -0.15) is 0 Å². The second-order valence-corrected chi connectivity index (χ2v) is 12.6. The quantitative estimate of drug-likeness (QED) is 0.341. The van der Waals surface area contributed by atoms with E-state index in [2.05, 4.69) is 38.0 Å². The maximum absolute atomic E-state index is 13.7. The SMILES string of the molecule is Cc1ncsc1-c1ccc(CCNC(=O)[C@@H]2C[C@H](O)CN2C(=O)[C@@H](NC(=O)CN2CCNCC2)C(C)(C)C)cc1.Cl. The minimum absolute atomic E-state index is 0. The molecule has 226 valence electrons. The molecule has 10 nitrogen and oxygen atoms in total. The predicted molar refractivity (Wildman–Crippen MR) is 163 cm³/mol. The number of amides is 3. The van der Waals surface area contributed by atoms with Crippen LogP contribution in [-0.4, -0.2) is 102 Å². The van der Waals surface area contributed by atoms with Crippen LogP contribution in [0, 0.1) is 12.3 Å². The maximum atomic E-state index is 13.7. The molecular formula is C29H43ClN6O4S. The van der Waals surface area contributed by atoms with Gasteiger partial charge in [0.25, 0.3) is 0 Å². The molecule has 0 bridgehead atoms. The number of benzene rings is 1. The van der Waals surface area contributed by atoms with Gasteiger partial charge in [0.15, 0.2) is 0 Å². The number of likely N-dealkylation sites (tertiary alicyclic amines) is 1. The van der Waals surface area contributed by atoms with Gasteiger partial charge in [-0.15, -0.1) is 23.7 Å². The van der Waals surface area contributed by atoms with Crippen LogP contribution in [0.25, 0.3) is 10.4 Å². The first-order valence-electron chi connectivity index (χ1n) is 14.0. The Morgan fingerprint density at radius 3 is 2.46 bits per heavy atom. The normalized spacial score (nSPS) is 20.3. The van der Waals surface area contributed by atoms with E-state index in [9.17, 15) is 19.5 Å². The number of β-amino-alcohol motifs (C(OH)–C–C–N with tert-alkyl or cyclic N) is 1.